The average molecular weight is 280 g/mol. The van der Waals surface area contributed by atoms with Gasteiger partial charge in [-0.25, -0.2) is 8.42 Å². The Morgan fingerprint density at radius 1 is 1.42 bits per heavy atom. The number of rotatable bonds is 3. The van der Waals surface area contributed by atoms with Crippen molar-refractivity contribution in [2.75, 3.05) is 11.5 Å². The van der Waals surface area contributed by atoms with E-state index in [4.69, 9.17) is 0 Å². The second-order valence-electron chi connectivity index (χ2n) is 4.98. The van der Waals surface area contributed by atoms with E-state index < -0.39 is 9.84 Å². The predicted octanol–water partition coefficient (Wildman–Crippen LogP) is 0.567. The van der Waals surface area contributed by atoms with Crippen LogP contribution in [-0.4, -0.2) is 40.6 Å². The van der Waals surface area contributed by atoms with Crippen molar-refractivity contribution in [2.24, 2.45) is 0 Å². The summed E-state index contributed by atoms with van der Waals surface area (Å²) in [7, 11) is -2.86. The molecule has 7 heteroatoms. The van der Waals surface area contributed by atoms with Crippen molar-refractivity contribution >= 4 is 15.5 Å². The van der Waals surface area contributed by atoms with Gasteiger partial charge in [0, 0.05) is 12.2 Å². The normalized spacial score (nSPS) is 23.7. The molecule has 3 heterocycles. The zero-order chi connectivity index (χ0) is 13.5. The molecule has 3 rings (SSSR count). The Kier molecular flexibility index (Phi) is 3.02. The average Bonchev–Trinajstić information content (AvgIpc) is 2.92. The third-order valence-corrected chi connectivity index (χ3v) is 5.21. The number of nitrogens with one attached hydrogen (secondary N) is 1. The van der Waals surface area contributed by atoms with E-state index in [9.17, 15) is 8.42 Å². The van der Waals surface area contributed by atoms with Crippen LogP contribution in [0.2, 0.25) is 0 Å². The Bertz CT molecular complexity index is 695. The molecule has 1 N–H and O–H groups in total. The van der Waals surface area contributed by atoms with Crippen molar-refractivity contribution in [3.8, 4) is 0 Å². The molecule has 2 aromatic rings. The molecule has 1 fully saturated rings. The Labute approximate surface area is 111 Å². The van der Waals surface area contributed by atoms with Crippen LogP contribution in [0.15, 0.2) is 24.4 Å². The van der Waals surface area contributed by atoms with Gasteiger partial charge < -0.3 is 5.32 Å². The lowest BCUT2D eigenvalue weighted by Gasteiger charge is -2.16. The van der Waals surface area contributed by atoms with E-state index >= 15 is 0 Å². The number of pyridine rings is 1. The maximum Gasteiger partial charge on any atom is 0.160 e. The van der Waals surface area contributed by atoms with Crippen molar-refractivity contribution in [1.29, 1.82) is 0 Å². The smallest absolute Gasteiger partial charge is 0.160 e. The Balaban J connectivity index is 1.79. The van der Waals surface area contributed by atoms with Gasteiger partial charge in [-0.3, -0.25) is 4.40 Å². The van der Waals surface area contributed by atoms with Crippen molar-refractivity contribution in [3.05, 3.63) is 30.2 Å². The molecule has 0 radical (unpaired) electrons. The number of hydrogen-bond acceptors (Lipinski definition) is 5. The lowest BCUT2D eigenvalue weighted by molar-refractivity contribution is 0.466. The number of hydrogen-bond donors (Lipinski definition) is 1. The van der Waals surface area contributed by atoms with Crippen LogP contribution >= 0.6 is 0 Å². The highest BCUT2D eigenvalue weighted by molar-refractivity contribution is 7.91. The van der Waals surface area contributed by atoms with Gasteiger partial charge in [-0.05, 0) is 25.5 Å². The third kappa shape index (κ3) is 2.48. The largest absolute Gasteiger partial charge is 0.304 e. The molecule has 2 atom stereocenters. The summed E-state index contributed by atoms with van der Waals surface area (Å²) in [5.41, 5.74) is 0.796. The fraction of sp³-hybridized carbons (Fsp3) is 0.500. The Morgan fingerprint density at radius 3 is 3.00 bits per heavy atom. The first-order chi connectivity index (χ1) is 9.05. The number of fused-ring (bicyclic) bond motifs is 1. The molecule has 0 saturated carbocycles. The first-order valence-corrected chi connectivity index (χ1v) is 8.13. The number of sulfone groups is 1. The standard InChI is InChI=1S/C12H16N4O2S/c1-9(13-10-5-7-19(17,18)8-10)12-15-14-11-4-2-3-6-16(11)12/h2-4,6,9-10,13H,5,7-8H2,1H3. The molecule has 0 bridgehead atoms. The molecule has 0 aromatic carbocycles. The molecule has 2 unspecified atom stereocenters. The van der Waals surface area contributed by atoms with Gasteiger partial charge in [0.1, 0.15) is 0 Å². The Morgan fingerprint density at radius 2 is 2.26 bits per heavy atom. The van der Waals surface area contributed by atoms with Crippen LogP contribution in [0.25, 0.3) is 5.65 Å². The highest BCUT2D eigenvalue weighted by Gasteiger charge is 2.29. The van der Waals surface area contributed by atoms with Crippen molar-refractivity contribution in [1.82, 2.24) is 19.9 Å². The second-order valence-corrected chi connectivity index (χ2v) is 7.20. The minimum Gasteiger partial charge on any atom is -0.304 e. The molecular formula is C12H16N4O2S. The molecule has 0 spiro atoms. The summed E-state index contributed by atoms with van der Waals surface area (Å²) in [6.45, 7) is 1.98. The lowest BCUT2D eigenvalue weighted by atomic mass is 10.2. The van der Waals surface area contributed by atoms with Gasteiger partial charge in [-0.15, -0.1) is 10.2 Å². The quantitative estimate of drug-likeness (QED) is 0.889. The SMILES string of the molecule is CC(NC1CCS(=O)(=O)C1)c1nnc2ccccn12. The molecule has 19 heavy (non-hydrogen) atoms. The fourth-order valence-corrected chi connectivity index (χ4v) is 4.20. The minimum atomic E-state index is -2.86. The van der Waals surface area contributed by atoms with Gasteiger partial charge in [0.2, 0.25) is 0 Å². The summed E-state index contributed by atoms with van der Waals surface area (Å²) < 4.78 is 24.8. The Hall–Kier alpha value is -1.47. The van der Waals surface area contributed by atoms with Gasteiger partial charge in [-0.2, -0.15) is 0 Å². The van der Waals surface area contributed by atoms with Crippen LogP contribution in [0.5, 0.6) is 0 Å². The summed E-state index contributed by atoms with van der Waals surface area (Å²) in [6, 6.07) is 5.71. The van der Waals surface area contributed by atoms with Crippen molar-refractivity contribution in [3.63, 3.8) is 0 Å². The van der Waals surface area contributed by atoms with Crippen LogP contribution in [0, 0.1) is 0 Å². The number of nitrogens with zero attached hydrogens (tertiary/aromatic N) is 3. The molecule has 1 aliphatic heterocycles. The molecule has 0 amide bonds. The maximum absolute atomic E-state index is 11.4. The van der Waals surface area contributed by atoms with Gasteiger partial charge in [0.05, 0.1) is 17.5 Å². The molecule has 2 aromatic heterocycles. The van der Waals surface area contributed by atoms with Gasteiger partial charge in [-0.1, -0.05) is 6.07 Å². The molecule has 0 aliphatic carbocycles. The summed E-state index contributed by atoms with van der Waals surface area (Å²) in [4.78, 5) is 0. The zero-order valence-electron chi connectivity index (χ0n) is 10.7. The molecule has 6 nitrogen and oxygen atoms in total. The highest BCUT2D eigenvalue weighted by Crippen LogP contribution is 2.17. The van der Waals surface area contributed by atoms with Gasteiger partial charge in [0.15, 0.2) is 21.3 Å². The van der Waals surface area contributed by atoms with Crippen LogP contribution in [-0.2, 0) is 9.84 Å². The van der Waals surface area contributed by atoms with E-state index in [2.05, 4.69) is 15.5 Å². The van der Waals surface area contributed by atoms with E-state index in [1.54, 1.807) is 0 Å². The van der Waals surface area contributed by atoms with E-state index in [0.717, 1.165) is 11.5 Å². The molecular weight excluding hydrogens is 264 g/mol. The van der Waals surface area contributed by atoms with Gasteiger partial charge >= 0.3 is 0 Å². The summed E-state index contributed by atoms with van der Waals surface area (Å²) in [5, 5.41) is 11.6. The monoisotopic (exact) mass is 280 g/mol. The lowest BCUT2D eigenvalue weighted by Crippen LogP contribution is -2.33. The van der Waals surface area contributed by atoms with Crippen molar-refractivity contribution in [2.45, 2.75) is 25.4 Å². The highest BCUT2D eigenvalue weighted by atomic mass is 32.2. The van der Waals surface area contributed by atoms with Gasteiger partial charge in [0.25, 0.3) is 0 Å². The van der Waals surface area contributed by atoms with E-state index in [1.807, 2.05) is 35.7 Å². The van der Waals surface area contributed by atoms with Crippen molar-refractivity contribution < 1.29 is 8.42 Å². The van der Waals surface area contributed by atoms with E-state index in [-0.39, 0.29) is 23.6 Å². The first kappa shape index (κ1) is 12.6. The topological polar surface area (TPSA) is 76.4 Å². The summed E-state index contributed by atoms with van der Waals surface area (Å²) in [6.07, 6.45) is 2.58. The molecule has 102 valence electrons. The zero-order valence-corrected chi connectivity index (χ0v) is 11.5. The summed E-state index contributed by atoms with van der Waals surface area (Å²) in [5.74, 6) is 1.30. The predicted molar refractivity (Wildman–Crippen MR) is 71.6 cm³/mol. The maximum atomic E-state index is 11.4. The first-order valence-electron chi connectivity index (χ1n) is 6.31. The van der Waals surface area contributed by atoms with Crippen LogP contribution in [0.3, 0.4) is 0 Å². The van der Waals surface area contributed by atoms with Crippen LogP contribution < -0.4 is 5.32 Å². The van der Waals surface area contributed by atoms with Crippen LogP contribution in [0.4, 0.5) is 0 Å². The molecule has 1 aliphatic rings. The second kappa shape index (κ2) is 4.57. The van der Waals surface area contributed by atoms with Crippen LogP contribution in [0.1, 0.15) is 25.2 Å². The third-order valence-electron chi connectivity index (χ3n) is 3.45. The van der Waals surface area contributed by atoms with E-state index in [1.165, 1.54) is 0 Å². The number of aromatic nitrogens is 3. The fourth-order valence-electron chi connectivity index (χ4n) is 2.51. The van der Waals surface area contributed by atoms with E-state index in [0.29, 0.717) is 6.42 Å². The minimum absolute atomic E-state index is 0.0102. The molecule has 1 saturated heterocycles. The summed E-state index contributed by atoms with van der Waals surface area (Å²) >= 11 is 0.